The highest BCUT2D eigenvalue weighted by atomic mass is 16.5. The van der Waals surface area contributed by atoms with E-state index in [1.54, 1.807) is 25.3 Å². The standard InChI is InChI=1S/C18H22N4O4/c1-25-15-9-11(13-10-21-17(19)16(22-13)18(23)24)4-5-14(15)26-8-6-12-3-2-7-20-12/h4-5,9-10,12,20H,2-3,6-8H2,1H3,(H2,19,21)(H,23,24). The number of nitrogens with one attached hydrogen (secondary N) is 1. The summed E-state index contributed by atoms with van der Waals surface area (Å²) in [5.41, 5.74) is 6.35. The van der Waals surface area contributed by atoms with Crippen LogP contribution in [0.2, 0.25) is 0 Å². The van der Waals surface area contributed by atoms with Crippen LogP contribution in [0.1, 0.15) is 29.8 Å². The van der Waals surface area contributed by atoms with E-state index in [2.05, 4.69) is 15.3 Å². The van der Waals surface area contributed by atoms with Gasteiger partial charge in [-0.25, -0.2) is 14.8 Å². The van der Waals surface area contributed by atoms with Crippen LogP contribution >= 0.6 is 0 Å². The van der Waals surface area contributed by atoms with Gasteiger partial charge in [-0.05, 0) is 44.0 Å². The van der Waals surface area contributed by atoms with Crippen LogP contribution in [0, 0.1) is 0 Å². The van der Waals surface area contributed by atoms with Gasteiger partial charge in [-0.15, -0.1) is 0 Å². The van der Waals surface area contributed by atoms with Crippen molar-refractivity contribution in [1.82, 2.24) is 15.3 Å². The van der Waals surface area contributed by atoms with Gasteiger partial charge in [0.15, 0.2) is 23.0 Å². The molecule has 0 aliphatic carbocycles. The molecule has 1 atom stereocenters. The summed E-state index contributed by atoms with van der Waals surface area (Å²) < 4.78 is 11.2. The largest absolute Gasteiger partial charge is 0.493 e. The Balaban J connectivity index is 1.75. The number of methoxy groups -OCH3 is 1. The van der Waals surface area contributed by atoms with Crippen molar-refractivity contribution in [3.8, 4) is 22.8 Å². The summed E-state index contributed by atoms with van der Waals surface area (Å²) in [6, 6.07) is 5.83. The molecule has 1 aliphatic heterocycles. The first-order chi connectivity index (χ1) is 12.6. The van der Waals surface area contributed by atoms with Crippen LogP contribution in [-0.4, -0.2) is 47.3 Å². The molecule has 8 nitrogen and oxygen atoms in total. The molecule has 138 valence electrons. The van der Waals surface area contributed by atoms with E-state index in [9.17, 15) is 4.79 Å². The summed E-state index contributed by atoms with van der Waals surface area (Å²) in [5, 5.41) is 12.6. The summed E-state index contributed by atoms with van der Waals surface area (Å²) in [6.07, 6.45) is 4.77. The molecule has 8 heteroatoms. The Morgan fingerprint density at radius 2 is 2.27 bits per heavy atom. The second-order valence-electron chi connectivity index (χ2n) is 6.09. The number of carbonyl (C=O) groups is 1. The fourth-order valence-corrected chi connectivity index (χ4v) is 2.96. The van der Waals surface area contributed by atoms with E-state index in [1.165, 1.54) is 19.0 Å². The van der Waals surface area contributed by atoms with Crippen molar-refractivity contribution in [1.29, 1.82) is 0 Å². The highest BCUT2D eigenvalue weighted by Gasteiger charge is 2.16. The second kappa shape index (κ2) is 8.01. The highest BCUT2D eigenvalue weighted by molar-refractivity contribution is 5.90. The van der Waals surface area contributed by atoms with Gasteiger partial charge in [0, 0.05) is 11.6 Å². The van der Waals surface area contributed by atoms with Gasteiger partial charge < -0.3 is 25.6 Å². The highest BCUT2D eigenvalue weighted by Crippen LogP contribution is 2.32. The van der Waals surface area contributed by atoms with Crippen molar-refractivity contribution in [2.75, 3.05) is 26.0 Å². The van der Waals surface area contributed by atoms with Crippen molar-refractivity contribution in [2.45, 2.75) is 25.3 Å². The minimum atomic E-state index is -1.22. The number of nitrogen functional groups attached to an aromatic ring is 1. The Hall–Kier alpha value is -2.87. The van der Waals surface area contributed by atoms with E-state index in [4.69, 9.17) is 20.3 Å². The molecule has 4 N–H and O–H groups in total. The van der Waals surface area contributed by atoms with Crippen molar-refractivity contribution in [3.05, 3.63) is 30.1 Å². The van der Waals surface area contributed by atoms with E-state index < -0.39 is 5.97 Å². The first kappa shape index (κ1) is 17.9. The van der Waals surface area contributed by atoms with Gasteiger partial charge >= 0.3 is 5.97 Å². The number of benzene rings is 1. The molecule has 1 aromatic carbocycles. The van der Waals surface area contributed by atoms with Crippen LogP contribution in [0.5, 0.6) is 11.5 Å². The molecular formula is C18H22N4O4. The van der Waals surface area contributed by atoms with Crippen LogP contribution in [0.25, 0.3) is 11.3 Å². The zero-order valence-electron chi connectivity index (χ0n) is 14.6. The molecule has 0 radical (unpaired) electrons. The SMILES string of the molecule is COc1cc(-c2cnc(N)c(C(=O)O)n2)ccc1OCCC1CCCN1. The third-order valence-corrected chi connectivity index (χ3v) is 4.35. The molecule has 0 saturated carbocycles. The molecule has 0 bridgehead atoms. The average Bonchev–Trinajstić information content (AvgIpc) is 3.15. The molecule has 2 heterocycles. The number of aromatic carboxylic acids is 1. The summed E-state index contributed by atoms with van der Waals surface area (Å²) in [4.78, 5) is 19.2. The number of nitrogens with zero attached hydrogens (tertiary/aromatic N) is 2. The lowest BCUT2D eigenvalue weighted by Gasteiger charge is -2.14. The zero-order valence-corrected chi connectivity index (χ0v) is 14.6. The van der Waals surface area contributed by atoms with E-state index in [0.717, 1.165) is 13.0 Å². The number of anilines is 1. The van der Waals surface area contributed by atoms with Gasteiger partial charge in [0.05, 0.1) is 25.6 Å². The molecule has 1 unspecified atom stereocenters. The van der Waals surface area contributed by atoms with Crippen LogP contribution in [0.3, 0.4) is 0 Å². The number of aromatic nitrogens is 2. The average molecular weight is 358 g/mol. The van der Waals surface area contributed by atoms with Gasteiger partial charge in [-0.1, -0.05) is 0 Å². The van der Waals surface area contributed by atoms with E-state index in [-0.39, 0.29) is 11.5 Å². The van der Waals surface area contributed by atoms with E-state index in [1.807, 2.05) is 0 Å². The lowest BCUT2D eigenvalue weighted by Crippen LogP contribution is -2.23. The number of hydrogen-bond acceptors (Lipinski definition) is 7. The number of ether oxygens (including phenoxy) is 2. The summed E-state index contributed by atoms with van der Waals surface area (Å²) in [7, 11) is 1.56. The monoisotopic (exact) mass is 358 g/mol. The van der Waals surface area contributed by atoms with Crippen molar-refractivity contribution >= 4 is 11.8 Å². The number of carboxylic acids is 1. The van der Waals surface area contributed by atoms with Gasteiger partial charge in [-0.3, -0.25) is 0 Å². The van der Waals surface area contributed by atoms with Crippen molar-refractivity contribution in [3.63, 3.8) is 0 Å². The summed E-state index contributed by atoms with van der Waals surface area (Å²) in [5.74, 6) is -0.147. The van der Waals surface area contributed by atoms with Crippen LogP contribution in [-0.2, 0) is 0 Å². The normalized spacial score (nSPS) is 16.4. The minimum Gasteiger partial charge on any atom is -0.493 e. The van der Waals surface area contributed by atoms with Crippen LogP contribution < -0.4 is 20.5 Å². The maximum absolute atomic E-state index is 11.2. The summed E-state index contributed by atoms with van der Waals surface area (Å²) in [6.45, 7) is 1.67. The molecule has 1 saturated heterocycles. The molecule has 1 fully saturated rings. The predicted molar refractivity (Wildman–Crippen MR) is 96.5 cm³/mol. The van der Waals surface area contributed by atoms with Crippen LogP contribution in [0.4, 0.5) is 5.82 Å². The number of hydrogen-bond donors (Lipinski definition) is 3. The quantitative estimate of drug-likeness (QED) is 0.687. The lowest BCUT2D eigenvalue weighted by atomic mass is 10.1. The topological polar surface area (TPSA) is 120 Å². The van der Waals surface area contributed by atoms with Gasteiger partial charge in [0.1, 0.15) is 0 Å². The predicted octanol–water partition coefficient (Wildman–Crippen LogP) is 1.95. The zero-order chi connectivity index (χ0) is 18.5. The molecule has 1 aliphatic rings. The first-order valence-corrected chi connectivity index (χ1v) is 8.49. The fourth-order valence-electron chi connectivity index (χ4n) is 2.96. The first-order valence-electron chi connectivity index (χ1n) is 8.49. The number of carboxylic acid groups (broad SMARTS) is 1. The lowest BCUT2D eigenvalue weighted by molar-refractivity contribution is 0.0691. The smallest absolute Gasteiger partial charge is 0.358 e. The maximum Gasteiger partial charge on any atom is 0.358 e. The molecule has 26 heavy (non-hydrogen) atoms. The molecule has 2 aromatic rings. The van der Waals surface area contributed by atoms with E-state index >= 15 is 0 Å². The van der Waals surface area contributed by atoms with Crippen LogP contribution in [0.15, 0.2) is 24.4 Å². The molecule has 3 rings (SSSR count). The Labute approximate surface area is 151 Å². The third kappa shape index (κ3) is 4.02. The van der Waals surface area contributed by atoms with Crippen molar-refractivity contribution in [2.24, 2.45) is 0 Å². The molecule has 0 spiro atoms. The maximum atomic E-state index is 11.2. The van der Waals surface area contributed by atoms with E-state index in [0.29, 0.717) is 35.4 Å². The number of rotatable bonds is 7. The molecular weight excluding hydrogens is 336 g/mol. The van der Waals surface area contributed by atoms with Gasteiger partial charge in [0.2, 0.25) is 0 Å². The number of nitrogens with two attached hydrogens (primary N) is 1. The Bertz CT molecular complexity index is 791. The Morgan fingerprint density at radius 3 is 2.96 bits per heavy atom. The second-order valence-corrected chi connectivity index (χ2v) is 6.09. The van der Waals surface area contributed by atoms with Gasteiger partial charge in [-0.2, -0.15) is 0 Å². The fraction of sp³-hybridized carbons (Fsp3) is 0.389. The minimum absolute atomic E-state index is 0.117. The molecule has 1 aromatic heterocycles. The Kier molecular flexibility index (Phi) is 5.52. The van der Waals surface area contributed by atoms with Gasteiger partial charge in [0.25, 0.3) is 0 Å². The third-order valence-electron chi connectivity index (χ3n) is 4.35. The summed E-state index contributed by atoms with van der Waals surface area (Å²) >= 11 is 0. The van der Waals surface area contributed by atoms with Crippen molar-refractivity contribution < 1.29 is 19.4 Å². The molecule has 0 amide bonds. The Morgan fingerprint density at radius 1 is 1.42 bits per heavy atom.